The molecule has 1 saturated heterocycles. The van der Waals surface area contributed by atoms with E-state index in [1.807, 2.05) is 18.2 Å². The van der Waals surface area contributed by atoms with E-state index >= 15 is 0 Å². The monoisotopic (exact) mass is 420 g/mol. The molecule has 9 nitrogen and oxygen atoms in total. The summed E-state index contributed by atoms with van der Waals surface area (Å²) in [6.07, 6.45) is 3.25. The number of aromatic amines is 1. The van der Waals surface area contributed by atoms with Gasteiger partial charge in [0.25, 0.3) is 5.91 Å². The molecule has 1 amide bonds. The highest BCUT2D eigenvalue weighted by atomic mass is 32.1. The molecule has 10 heteroatoms. The van der Waals surface area contributed by atoms with Crippen molar-refractivity contribution in [2.45, 2.75) is 18.9 Å². The van der Waals surface area contributed by atoms with E-state index in [0.717, 1.165) is 43.1 Å². The smallest absolute Gasteiger partial charge is 0.251 e. The number of benzene rings is 1. The molecule has 30 heavy (non-hydrogen) atoms. The minimum atomic E-state index is -0.0804. The molecule has 3 aromatic heterocycles. The van der Waals surface area contributed by atoms with Crippen LogP contribution in [0.2, 0.25) is 0 Å². The molecule has 4 aromatic rings. The van der Waals surface area contributed by atoms with Crippen molar-refractivity contribution in [2.24, 2.45) is 0 Å². The van der Waals surface area contributed by atoms with Gasteiger partial charge in [0, 0.05) is 30.8 Å². The Labute approximate surface area is 176 Å². The summed E-state index contributed by atoms with van der Waals surface area (Å²) < 4.78 is 1.53. The van der Waals surface area contributed by atoms with Crippen LogP contribution in [0, 0.1) is 0 Å². The average Bonchev–Trinajstić information content (AvgIpc) is 3.57. The fraction of sp³-hybridized carbons (Fsp3) is 0.250. The largest absolute Gasteiger partial charge is 0.355 e. The number of tetrazole rings is 1. The lowest BCUT2D eigenvalue weighted by atomic mass is 10.0. The van der Waals surface area contributed by atoms with E-state index in [1.54, 1.807) is 23.5 Å². The molecule has 2 N–H and O–H groups in total. The average molecular weight is 421 g/mol. The predicted octanol–water partition coefficient (Wildman–Crippen LogP) is 2.51. The normalized spacial score (nSPS) is 14.7. The lowest BCUT2D eigenvalue weighted by Crippen LogP contribution is -2.44. The van der Waals surface area contributed by atoms with Crippen LogP contribution in [0.15, 0.2) is 54.2 Å². The van der Waals surface area contributed by atoms with Crippen LogP contribution in [0.5, 0.6) is 0 Å². The second-order valence-corrected chi connectivity index (χ2v) is 8.10. The van der Waals surface area contributed by atoms with E-state index in [1.165, 1.54) is 15.9 Å². The van der Waals surface area contributed by atoms with Gasteiger partial charge in [-0.2, -0.15) is 5.10 Å². The molecule has 0 atom stereocenters. The quantitative estimate of drug-likeness (QED) is 0.514. The van der Waals surface area contributed by atoms with Crippen LogP contribution in [0.3, 0.4) is 0 Å². The van der Waals surface area contributed by atoms with Crippen molar-refractivity contribution in [3.05, 3.63) is 59.7 Å². The standard InChI is InChI=1S/C20H20N8OS/c29-20(14-3-1-4-16(11-14)28-13-21-25-26-28)22-15-6-8-27(9-7-15)19-12-17(23-24-19)18-5-2-10-30-18/h1-5,10-13,15H,6-9H2,(H,22,29)(H,23,24). The summed E-state index contributed by atoms with van der Waals surface area (Å²) in [6, 6.07) is 13.6. The highest BCUT2D eigenvalue weighted by molar-refractivity contribution is 7.13. The first-order valence-electron chi connectivity index (χ1n) is 9.75. The number of hydrogen-bond donors (Lipinski definition) is 2. The number of nitrogens with one attached hydrogen (secondary N) is 2. The van der Waals surface area contributed by atoms with Crippen molar-refractivity contribution in [1.29, 1.82) is 0 Å². The molecular formula is C20H20N8OS. The number of thiophene rings is 1. The fourth-order valence-corrected chi connectivity index (χ4v) is 4.31. The Kier molecular flexibility index (Phi) is 4.98. The van der Waals surface area contributed by atoms with Crippen molar-refractivity contribution in [3.8, 4) is 16.3 Å². The Morgan fingerprint density at radius 1 is 1.17 bits per heavy atom. The van der Waals surface area contributed by atoms with E-state index in [9.17, 15) is 4.79 Å². The number of amides is 1. The van der Waals surface area contributed by atoms with Gasteiger partial charge in [-0.3, -0.25) is 9.89 Å². The number of H-pyrrole nitrogens is 1. The Balaban J connectivity index is 1.18. The zero-order chi connectivity index (χ0) is 20.3. The second kappa shape index (κ2) is 8.07. The maximum atomic E-state index is 12.7. The van der Waals surface area contributed by atoms with E-state index in [2.05, 4.69) is 53.5 Å². The van der Waals surface area contributed by atoms with Gasteiger partial charge in [0.05, 0.1) is 16.3 Å². The van der Waals surface area contributed by atoms with Crippen LogP contribution in [-0.4, -0.2) is 55.4 Å². The number of piperidine rings is 1. The van der Waals surface area contributed by atoms with Gasteiger partial charge >= 0.3 is 0 Å². The molecule has 0 radical (unpaired) electrons. The topological polar surface area (TPSA) is 105 Å². The van der Waals surface area contributed by atoms with Gasteiger partial charge < -0.3 is 10.2 Å². The van der Waals surface area contributed by atoms with Gasteiger partial charge in [-0.1, -0.05) is 12.1 Å². The molecule has 0 bridgehead atoms. The van der Waals surface area contributed by atoms with E-state index in [-0.39, 0.29) is 11.9 Å². The van der Waals surface area contributed by atoms with E-state index in [0.29, 0.717) is 5.56 Å². The first-order valence-corrected chi connectivity index (χ1v) is 10.6. The van der Waals surface area contributed by atoms with Crippen molar-refractivity contribution >= 4 is 23.1 Å². The molecule has 1 aliphatic rings. The second-order valence-electron chi connectivity index (χ2n) is 7.16. The van der Waals surface area contributed by atoms with Crippen LogP contribution >= 0.6 is 11.3 Å². The summed E-state index contributed by atoms with van der Waals surface area (Å²) in [6.45, 7) is 1.70. The zero-order valence-corrected chi connectivity index (χ0v) is 16.9. The number of anilines is 1. The van der Waals surface area contributed by atoms with Crippen LogP contribution in [0.4, 0.5) is 5.82 Å². The maximum absolute atomic E-state index is 12.7. The highest BCUT2D eigenvalue weighted by Crippen LogP contribution is 2.27. The third-order valence-corrected chi connectivity index (χ3v) is 6.13. The Morgan fingerprint density at radius 2 is 2.07 bits per heavy atom. The number of carbonyl (C=O) groups is 1. The molecule has 1 aromatic carbocycles. The van der Waals surface area contributed by atoms with Crippen molar-refractivity contribution < 1.29 is 4.79 Å². The number of rotatable bonds is 5. The Bertz CT molecular complexity index is 1110. The number of hydrogen-bond acceptors (Lipinski definition) is 7. The summed E-state index contributed by atoms with van der Waals surface area (Å²) in [5, 5.41) is 23.9. The lowest BCUT2D eigenvalue weighted by Gasteiger charge is -2.32. The van der Waals surface area contributed by atoms with Crippen LogP contribution in [0.25, 0.3) is 16.3 Å². The van der Waals surface area contributed by atoms with E-state index in [4.69, 9.17) is 0 Å². The minimum absolute atomic E-state index is 0.0804. The third-order valence-electron chi connectivity index (χ3n) is 5.23. The molecule has 0 spiro atoms. The predicted molar refractivity (Wildman–Crippen MR) is 114 cm³/mol. The fourth-order valence-electron chi connectivity index (χ4n) is 3.62. The molecule has 0 unspecified atom stereocenters. The zero-order valence-electron chi connectivity index (χ0n) is 16.1. The molecule has 4 heterocycles. The molecule has 0 aliphatic carbocycles. The van der Waals surface area contributed by atoms with Gasteiger partial charge in [0.2, 0.25) is 0 Å². The van der Waals surface area contributed by atoms with Gasteiger partial charge in [-0.05, 0) is 52.9 Å². The summed E-state index contributed by atoms with van der Waals surface area (Å²) in [7, 11) is 0. The summed E-state index contributed by atoms with van der Waals surface area (Å²) in [5.41, 5.74) is 2.39. The van der Waals surface area contributed by atoms with E-state index < -0.39 is 0 Å². The first-order chi connectivity index (χ1) is 14.8. The van der Waals surface area contributed by atoms with Crippen molar-refractivity contribution in [1.82, 2.24) is 35.7 Å². The molecule has 0 saturated carbocycles. The Morgan fingerprint density at radius 3 is 2.83 bits per heavy atom. The minimum Gasteiger partial charge on any atom is -0.355 e. The van der Waals surface area contributed by atoms with Crippen molar-refractivity contribution in [3.63, 3.8) is 0 Å². The highest BCUT2D eigenvalue weighted by Gasteiger charge is 2.23. The van der Waals surface area contributed by atoms with Gasteiger partial charge in [-0.15, -0.1) is 16.4 Å². The molecule has 5 rings (SSSR count). The number of carbonyl (C=O) groups excluding carboxylic acids is 1. The lowest BCUT2D eigenvalue weighted by molar-refractivity contribution is 0.0931. The SMILES string of the molecule is O=C(NC1CCN(c2cc(-c3cccs3)[nH]n2)CC1)c1cccc(-n2cnnn2)c1. The molecular weight excluding hydrogens is 400 g/mol. The summed E-state index contributed by atoms with van der Waals surface area (Å²) in [4.78, 5) is 16.2. The molecule has 1 fully saturated rings. The molecule has 1 aliphatic heterocycles. The Hall–Kier alpha value is -3.53. The first kappa shape index (κ1) is 18.5. The summed E-state index contributed by atoms with van der Waals surface area (Å²) in [5.74, 6) is 0.875. The van der Waals surface area contributed by atoms with Gasteiger partial charge in [0.15, 0.2) is 5.82 Å². The van der Waals surface area contributed by atoms with Gasteiger partial charge in [0.1, 0.15) is 6.33 Å². The number of nitrogens with zero attached hydrogens (tertiary/aromatic N) is 6. The van der Waals surface area contributed by atoms with Gasteiger partial charge in [-0.25, -0.2) is 4.68 Å². The van der Waals surface area contributed by atoms with Crippen molar-refractivity contribution in [2.75, 3.05) is 18.0 Å². The maximum Gasteiger partial charge on any atom is 0.251 e. The molecule has 152 valence electrons. The van der Waals surface area contributed by atoms with Crippen LogP contribution in [-0.2, 0) is 0 Å². The van der Waals surface area contributed by atoms with Crippen LogP contribution < -0.4 is 10.2 Å². The third kappa shape index (κ3) is 3.81. The van der Waals surface area contributed by atoms with Crippen LogP contribution in [0.1, 0.15) is 23.2 Å². The number of aromatic nitrogens is 6. The summed E-state index contributed by atoms with van der Waals surface area (Å²) >= 11 is 1.69.